The molecule has 0 aliphatic heterocycles. The van der Waals surface area contributed by atoms with E-state index in [9.17, 15) is 9.59 Å². The number of methoxy groups -OCH3 is 1. The highest BCUT2D eigenvalue weighted by molar-refractivity contribution is 6.05. The fraction of sp³-hybridized carbons (Fsp3) is 0.500. The lowest BCUT2D eigenvalue weighted by Gasteiger charge is -2.05. The molecule has 5 nitrogen and oxygen atoms in total. The van der Waals surface area contributed by atoms with Crippen LogP contribution in [0.3, 0.4) is 0 Å². The van der Waals surface area contributed by atoms with Gasteiger partial charge < -0.3 is 4.74 Å². The summed E-state index contributed by atoms with van der Waals surface area (Å²) in [7, 11) is 1.32. The molecule has 1 N–H and O–H groups in total. The topological polar surface area (TPSA) is 67.8 Å². The van der Waals surface area contributed by atoms with Crippen molar-refractivity contribution < 1.29 is 14.3 Å². The number of allylic oxidation sites excluding steroid dienone is 1. The Bertz CT molecular complexity index is 330. The first kappa shape index (κ1) is 13.4. The highest BCUT2D eigenvalue weighted by Gasteiger charge is 2.09. The van der Waals surface area contributed by atoms with E-state index in [0.29, 0.717) is 16.9 Å². The quantitative estimate of drug-likeness (QED) is 0.328. The largest absolute Gasteiger partial charge is 0.466 e. The maximum absolute atomic E-state index is 11.2. The van der Waals surface area contributed by atoms with E-state index < -0.39 is 5.97 Å². The maximum atomic E-state index is 11.2. The third kappa shape index (κ3) is 4.39. The molecule has 84 valence electrons. The van der Waals surface area contributed by atoms with Crippen molar-refractivity contribution >= 4 is 17.6 Å². The number of esters is 1. The van der Waals surface area contributed by atoms with E-state index in [1.54, 1.807) is 20.8 Å². The van der Waals surface area contributed by atoms with E-state index in [1.165, 1.54) is 14.0 Å². The first-order chi connectivity index (χ1) is 6.90. The Hall–Kier alpha value is -1.65. The zero-order valence-electron chi connectivity index (χ0n) is 9.67. The van der Waals surface area contributed by atoms with Gasteiger partial charge in [0.25, 0.3) is 0 Å². The summed E-state index contributed by atoms with van der Waals surface area (Å²) in [6.07, 6.45) is 0. The van der Waals surface area contributed by atoms with Gasteiger partial charge in [0.1, 0.15) is 0 Å². The highest BCUT2D eigenvalue weighted by Crippen LogP contribution is 2.06. The molecular weight excluding hydrogens is 196 g/mol. The van der Waals surface area contributed by atoms with E-state index in [4.69, 9.17) is 0 Å². The third-order valence-corrected chi connectivity index (χ3v) is 1.98. The molecule has 0 radical (unpaired) electrons. The monoisotopic (exact) mass is 212 g/mol. The van der Waals surface area contributed by atoms with Crippen LogP contribution < -0.4 is 5.43 Å². The lowest BCUT2D eigenvalue weighted by Crippen LogP contribution is -2.16. The van der Waals surface area contributed by atoms with Crippen molar-refractivity contribution in [3.05, 3.63) is 11.1 Å². The van der Waals surface area contributed by atoms with Crippen LogP contribution in [0.1, 0.15) is 27.7 Å². The van der Waals surface area contributed by atoms with Gasteiger partial charge in [-0.25, -0.2) is 10.2 Å². The second-order valence-electron chi connectivity index (χ2n) is 3.11. The van der Waals surface area contributed by atoms with Crippen LogP contribution in [0.4, 0.5) is 0 Å². The second kappa shape index (κ2) is 5.95. The molecular formula is C10H16N2O3. The Balaban J connectivity index is 4.82. The van der Waals surface area contributed by atoms with E-state index in [1.807, 2.05) is 0 Å². The minimum Gasteiger partial charge on any atom is -0.466 e. The van der Waals surface area contributed by atoms with Gasteiger partial charge in [0.2, 0.25) is 5.91 Å². The minimum atomic E-state index is -0.398. The first-order valence-corrected chi connectivity index (χ1v) is 4.47. The zero-order valence-corrected chi connectivity index (χ0v) is 9.67. The van der Waals surface area contributed by atoms with Crippen LogP contribution in [-0.4, -0.2) is 24.7 Å². The molecule has 0 rings (SSSR count). The summed E-state index contributed by atoms with van der Waals surface area (Å²) < 4.78 is 4.57. The summed E-state index contributed by atoms with van der Waals surface area (Å²) in [5.41, 5.74) is 4.04. The van der Waals surface area contributed by atoms with Crippen LogP contribution in [0.25, 0.3) is 0 Å². The molecule has 15 heavy (non-hydrogen) atoms. The third-order valence-electron chi connectivity index (χ3n) is 1.98. The molecule has 0 heterocycles. The van der Waals surface area contributed by atoms with Crippen molar-refractivity contribution in [2.45, 2.75) is 27.7 Å². The van der Waals surface area contributed by atoms with Gasteiger partial charge in [-0.05, 0) is 26.3 Å². The number of hydrogen-bond acceptors (Lipinski definition) is 4. The number of carbonyl (C=O) groups is 2. The van der Waals surface area contributed by atoms with Gasteiger partial charge in [-0.2, -0.15) is 5.10 Å². The lowest BCUT2D eigenvalue weighted by atomic mass is 10.1. The summed E-state index contributed by atoms with van der Waals surface area (Å²) in [6, 6.07) is 0. The van der Waals surface area contributed by atoms with E-state index in [-0.39, 0.29) is 5.91 Å². The summed E-state index contributed by atoms with van der Waals surface area (Å²) in [4.78, 5) is 21.8. The predicted molar refractivity (Wildman–Crippen MR) is 57.3 cm³/mol. The molecule has 0 aliphatic rings. The van der Waals surface area contributed by atoms with Crippen molar-refractivity contribution in [1.29, 1.82) is 0 Å². The van der Waals surface area contributed by atoms with Crippen LogP contribution in [0.5, 0.6) is 0 Å². The molecule has 0 atom stereocenters. The smallest absolute Gasteiger partial charge is 0.333 e. The van der Waals surface area contributed by atoms with Crippen molar-refractivity contribution in [3.63, 3.8) is 0 Å². The van der Waals surface area contributed by atoms with E-state index in [2.05, 4.69) is 15.3 Å². The molecule has 0 fully saturated rings. The molecule has 5 heteroatoms. The summed E-state index contributed by atoms with van der Waals surface area (Å²) in [5, 5.41) is 3.81. The van der Waals surface area contributed by atoms with Gasteiger partial charge >= 0.3 is 5.97 Å². The number of nitrogens with zero attached hydrogens (tertiary/aromatic N) is 1. The van der Waals surface area contributed by atoms with Crippen molar-refractivity contribution in [3.8, 4) is 0 Å². The zero-order chi connectivity index (χ0) is 12.0. The Kier molecular flexibility index (Phi) is 5.30. The second-order valence-corrected chi connectivity index (χ2v) is 3.11. The molecule has 0 aromatic heterocycles. The number of hydrogen-bond donors (Lipinski definition) is 1. The Morgan fingerprint density at radius 1 is 1.07 bits per heavy atom. The predicted octanol–water partition coefficient (Wildman–Crippen LogP) is 1.01. The SMILES string of the molecule is COC(=O)/C(C)=C(C)\C(C)=N\NC(C)=O. The van der Waals surface area contributed by atoms with Crippen molar-refractivity contribution in [2.24, 2.45) is 5.10 Å². The molecule has 0 unspecified atom stereocenters. The Labute approximate surface area is 89.2 Å². The maximum Gasteiger partial charge on any atom is 0.333 e. The van der Waals surface area contributed by atoms with E-state index >= 15 is 0 Å². The normalized spacial score (nSPS) is 13.0. The van der Waals surface area contributed by atoms with Crippen LogP contribution >= 0.6 is 0 Å². The summed E-state index contributed by atoms with van der Waals surface area (Å²) in [6.45, 7) is 6.46. The van der Waals surface area contributed by atoms with Crippen LogP contribution in [0, 0.1) is 0 Å². The van der Waals surface area contributed by atoms with Crippen LogP contribution in [0.2, 0.25) is 0 Å². The molecule has 0 saturated carbocycles. The molecule has 0 bridgehead atoms. The standard InChI is InChI=1S/C10H16N2O3/c1-6(7(2)10(14)15-5)8(3)11-12-9(4)13/h1-5H3,(H,12,13)/b7-6-,11-8+. The minimum absolute atomic E-state index is 0.252. The highest BCUT2D eigenvalue weighted by atomic mass is 16.5. The van der Waals surface area contributed by atoms with Crippen molar-refractivity contribution in [1.82, 2.24) is 5.43 Å². The van der Waals surface area contributed by atoms with Gasteiger partial charge in [-0.3, -0.25) is 4.79 Å². The van der Waals surface area contributed by atoms with Gasteiger partial charge in [-0.1, -0.05) is 0 Å². The summed E-state index contributed by atoms with van der Waals surface area (Å²) >= 11 is 0. The molecule has 0 aliphatic carbocycles. The number of ether oxygens (including phenoxy) is 1. The lowest BCUT2D eigenvalue weighted by molar-refractivity contribution is -0.136. The van der Waals surface area contributed by atoms with Gasteiger partial charge in [-0.15, -0.1) is 0 Å². The van der Waals surface area contributed by atoms with Crippen LogP contribution in [0.15, 0.2) is 16.2 Å². The van der Waals surface area contributed by atoms with Gasteiger partial charge in [0.15, 0.2) is 0 Å². The average Bonchev–Trinajstić information content (AvgIpc) is 2.22. The molecule has 0 aromatic carbocycles. The Morgan fingerprint density at radius 2 is 1.60 bits per heavy atom. The van der Waals surface area contributed by atoms with Crippen LogP contribution in [-0.2, 0) is 14.3 Å². The summed E-state index contributed by atoms with van der Waals surface area (Å²) in [5.74, 6) is -0.650. The van der Waals surface area contributed by atoms with Crippen molar-refractivity contribution in [2.75, 3.05) is 7.11 Å². The molecule has 0 saturated heterocycles. The number of carbonyl (C=O) groups excluding carboxylic acids is 2. The molecule has 0 aromatic rings. The Morgan fingerprint density at radius 3 is 2.00 bits per heavy atom. The molecule has 0 spiro atoms. The number of hydrazone groups is 1. The van der Waals surface area contributed by atoms with E-state index in [0.717, 1.165) is 0 Å². The van der Waals surface area contributed by atoms with Gasteiger partial charge in [0, 0.05) is 12.5 Å². The fourth-order valence-electron chi connectivity index (χ4n) is 0.824. The van der Waals surface area contributed by atoms with Gasteiger partial charge in [0.05, 0.1) is 12.8 Å². The number of amides is 1. The fourth-order valence-corrected chi connectivity index (χ4v) is 0.824. The number of rotatable bonds is 3. The first-order valence-electron chi connectivity index (χ1n) is 4.47. The molecule has 1 amide bonds. The number of nitrogens with one attached hydrogen (secondary N) is 1. The average molecular weight is 212 g/mol.